The molecule has 7 nitrogen and oxygen atoms in total. The molecule has 1 atom stereocenters. The molecule has 2 aromatic carbocycles. The van der Waals surface area contributed by atoms with E-state index in [0.29, 0.717) is 39.0 Å². The van der Waals surface area contributed by atoms with Crippen LogP contribution in [0.1, 0.15) is 43.9 Å². The number of hydrogen-bond acceptors (Lipinski definition) is 6. The standard InChI is InChI=1S/C25H20BrN3O4S/c1-25(2)12-17-21(19(30)13-25)22(16-8-3-4-9-18(16)29(32)33)28-23(31)20(34-24(28)27-17)11-14-6-5-7-15(26)10-14/h3-11,22H,12-13H2,1-2H3. The van der Waals surface area contributed by atoms with Gasteiger partial charge in [-0.25, -0.2) is 4.99 Å². The maximum Gasteiger partial charge on any atom is 0.275 e. The normalized spacial score (nSPS) is 19.4. The molecule has 0 radical (unpaired) electrons. The number of thiazole rings is 1. The summed E-state index contributed by atoms with van der Waals surface area (Å²) in [7, 11) is 0. The number of carbonyl (C=O) groups is 1. The topological polar surface area (TPSA) is 94.6 Å². The van der Waals surface area contributed by atoms with Gasteiger partial charge in [0.05, 0.1) is 20.7 Å². The number of nitro groups is 1. The van der Waals surface area contributed by atoms with Crippen LogP contribution in [0.2, 0.25) is 0 Å². The van der Waals surface area contributed by atoms with Crippen molar-refractivity contribution in [2.75, 3.05) is 0 Å². The summed E-state index contributed by atoms with van der Waals surface area (Å²) in [6.07, 6.45) is 2.63. The Bertz CT molecular complexity index is 1580. The van der Waals surface area contributed by atoms with Crippen molar-refractivity contribution in [1.29, 1.82) is 0 Å². The lowest BCUT2D eigenvalue weighted by Gasteiger charge is -2.35. The molecule has 0 saturated carbocycles. The Balaban J connectivity index is 1.82. The average Bonchev–Trinajstić information content (AvgIpc) is 3.06. The third-order valence-electron chi connectivity index (χ3n) is 6.07. The van der Waals surface area contributed by atoms with Crippen molar-refractivity contribution < 1.29 is 9.72 Å². The second kappa shape index (κ2) is 8.25. The molecule has 0 saturated heterocycles. The first kappa shape index (κ1) is 22.6. The number of nitrogens with zero attached hydrogens (tertiary/aromatic N) is 3. The minimum atomic E-state index is -0.888. The number of nitro benzene ring substituents is 1. The summed E-state index contributed by atoms with van der Waals surface area (Å²) < 4.78 is 2.79. The van der Waals surface area contributed by atoms with Gasteiger partial charge in [-0.2, -0.15) is 0 Å². The highest BCUT2D eigenvalue weighted by molar-refractivity contribution is 9.10. The Hall–Kier alpha value is -3.17. The monoisotopic (exact) mass is 537 g/mol. The zero-order chi connectivity index (χ0) is 24.2. The summed E-state index contributed by atoms with van der Waals surface area (Å²) in [4.78, 5) is 43.6. The fourth-order valence-corrected chi connectivity index (χ4v) is 6.11. The van der Waals surface area contributed by atoms with Crippen LogP contribution in [0.25, 0.3) is 6.08 Å². The third kappa shape index (κ3) is 3.88. The van der Waals surface area contributed by atoms with Gasteiger partial charge in [0, 0.05) is 22.5 Å². The van der Waals surface area contributed by atoms with Crippen molar-refractivity contribution >= 4 is 44.8 Å². The number of rotatable bonds is 3. The summed E-state index contributed by atoms with van der Waals surface area (Å²) in [5.41, 5.74) is 1.42. The van der Waals surface area contributed by atoms with E-state index in [1.165, 1.54) is 22.0 Å². The fourth-order valence-electron chi connectivity index (χ4n) is 4.68. The Kier molecular flexibility index (Phi) is 5.49. The highest BCUT2D eigenvalue weighted by Gasteiger charge is 2.42. The minimum Gasteiger partial charge on any atom is -0.294 e. The maximum absolute atomic E-state index is 13.6. The lowest BCUT2D eigenvalue weighted by atomic mass is 9.73. The zero-order valence-corrected chi connectivity index (χ0v) is 20.9. The van der Waals surface area contributed by atoms with Gasteiger partial charge in [0.2, 0.25) is 0 Å². The number of ketones is 1. The number of benzene rings is 2. The minimum absolute atomic E-state index is 0.125. The molecule has 1 aliphatic carbocycles. The average molecular weight is 538 g/mol. The van der Waals surface area contributed by atoms with E-state index in [9.17, 15) is 19.7 Å². The van der Waals surface area contributed by atoms with Crippen LogP contribution >= 0.6 is 27.3 Å². The molecule has 2 heterocycles. The molecule has 0 amide bonds. The van der Waals surface area contributed by atoms with E-state index in [4.69, 9.17) is 4.99 Å². The van der Waals surface area contributed by atoms with Crippen molar-refractivity contribution in [1.82, 2.24) is 4.57 Å². The molecule has 9 heteroatoms. The Morgan fingerprint density at radius 2 is 1.94 bits per heavy atom. The second-order valence-corrected chi connectivity index (χ2v) is 11.2. The number of Topliss-reactive ketones (excluding diaryl/α,β-unsaturated/α-hetero) is 1. The zero-order valence-electron chi connectivity index (χ0n) is 18.4. The molecule has 0 N–H and O–H groups in total. The van der Waals surface area contributed by atoms with Crippen LogP contribution in [0.15, 0.2) is 74.1 Å². The molecule has 0 spiro atoms. The maximum atomic E-state index is 13.6. The Labute approximate surface area is 207 Å². The van der Waals surface area contributed by atoms with Crippen LogP contribution in [0.3, 0.4) is 0 Å². The van der Waals surface area contributed by atoms with Crippen LogP contribution in [-0.2, 0) is 4.79 Å². The molecule has 5 rings (SSSR count). The van der Waals surface area contributed by atoms with E-state index in [0.717, 1.165) is 10.0 Å². The van der Waals surface area contributed by atoms with Gasteiger partial charge in [-0.15, -0.1) is 0 Å². The summed E-state index contributed by atoms with van der Waals surface area (Å²) in [6, 6.07) is 13.0. The molecule has 1 aliphatic heterocycles. The fraction of sp³-hybridized carbons (Fsp3) is 0.240. The highest BCUT2D eigenvalue weighted by Crippen LogP contribution is 2.44. The van der Waals surface area contributed by atoms with E-state index >= 15 is 0 Å². The molecular weight excluding hydrogens is 518 g/mol. The SMILES string of the molecule is CC1(C)CC(=O)C2=C(C1)N=c1sc(=Cc3cccc(Br)c3)c(=O)n1C2c1ccccc1[N+](=O)[O-]. The molecular formula is C25H20BrN3O4S. The van der Waals surface area contributed by atoms with Gasteiger partial charge >= 0.3 is 0 Å². The van der Waals surface area contributed by atoms with Gasteiger partial charge in [0.25, 0.3) is 11.2 Å². The van der Waals surface area contributed by atoms with Crippen LogP contribution in [0, 0.1) is 15.5 Å². The van der Waals surface area contributed by atoms with E-state index < -0.39 is 11.0 Å². The summed E-state index contributed by atoms with van der Waals surface area (Å²) in [6.45, 7) is 4.01. The van der Waals surface area contributed by atoms with Gasteiger partial charge in [0.15, 0.2) is 10.6 Å². The largest absolute Gasteiger partial charge is 0.294 e. The molecule has 3 aromatic rings. The quantitative estimate of drug-likeness (QED) is 0.368. The lowest BCUT2D eigenvalue weighted by Crippen LogP contribution is -2.42. The smallest absolute Gasteiger partial charge is 0.275 e. The Morgan fingerprint density at radius 3 is 2.68 bits per heavy atom. The first-order chi connectivity index (χ1) is 16.1. The van der Waals surface area contributed by atoms with Crippen molar-refractivity contribution in [2.24, 2.45) is 10.4 Å². The first-order valence-corrected chi connectivity index (χ1v) is 12.3. The number of halogens is 1. The second-order valence-electron chi connectivity index (χ2n) is 9.25. The van der Waals surface area contributed by atoms with Gasteiger partial charge < -0.3 is 0 Å². The van der Waals surface area contributed by atoms with Crippen molar-refractivity contribution in [3.63, 3.8) is 0 Å². The third-order valence-corrected chi connectivity index (χ3v) is 7.55. The van der Waals surface area contributed by atoms with Crippen LogP contribution in [0.5, 0.6) is 0 Å². The number of carbonyl (C=O) groups excluding carboxylic acids is 1. The number of fused-ring (bicyclic) bond motifs is 1. The molecule has 1 aromatic heterocycles. The van der Waals surface area contributed by atoms with E-state index in [2.05, 4.69) is 15.9 Å². The molecule has 34 heavy (non-hydrogen) atoms. The Morgan fingerprint density at radius 1 is 1.18 bits per heavy atom. The number of hydrogen-bond donors (Lipinski definition) is 0. The van der Waals surface area contributed by atoms with Crippen LogP contribution in [0.4, 0.5) is 5.69 Å². The predicted octanol–water partition coefficient (Wildman–Crippen LogP) is 4.28. The van der Waals surface area contributed by atoms with Crippen LogP contribution < -0.4 is 14.9 Å². The van der Waals surface area contributed by atoms with Crippen molar-refractivity contribution in [2.45, 2.75) is 32.7 Å². The van der Waals surface area contributed by atoms with Gasteiger partial charge in [0.1, 0.15) is 6.04 Å². The van der Waals surface area contributed by atoms with Crippen molar-refractivity contribution in [3.8, 4) is 0 Å². The van der Waals surface area contributed by atoms with E-state index in [1.807, 2.05) is 38.1 Å². The molecule has 172 valence electrons. The van der Waals surface area contributed by atoms with Crippen molar-refractivity contribution in [3.05, 3.63) is 105 Å². The van der Waals surface area contributed by atoms with E-state index in [-0.39, 0.29) is 22.4 Å². The molecule has 2 aliphatic rings. The van der Waals surface area contributed by atoms with Gasteiger partial charge in [-0.05, 0) is 41.7 Å². The first-order valence-electron chi connectivity index (χ1n) is 10.7. The van der Waals surface area contributed by atoms with Gasteiger partial charge in [-0.3, -0.25) is 24.3 Å². The highest BCUT2D eigenvalue weighted by atomic mass is 79.9. The predicted molar refractivity (Wildman–Crippen MR) is 133 cm³/mol. The molecule has 0 bridgehead atoms. The van der Waals surface area contributed by atoms with Gasteiger partial charge in [-0.1, -0.05) is 65.4 Å². The number of allylic oxidation sites excluding steroid dienone is 2. The summed E-state index contributed by atoms with van der Waals surface area (Å²) in [5.74, 6) is -0.126. The summed E-state index contributed by atoms with van der Waals surface area (Å²) in [5, 5.41) is 11.9. The lowest BCUT2D eigenvalue weighted by molar-refractivity contribution is -0.385. The summed E-state index contributed by atoms with van der Waals surface area (Å²) >= 11 is 4.67. The molecule has 1 unspecified atom stereocenters. The number of aromatic nitrogens is 1. The van der Waals surface area contributed by atoms with E-state index in [1.54, 1.807) is 24.3 Å². The molecule has 0 fully saturated rings. The number of para-hydroxylation sites is 1. The van der Waals surface area contributed by atoms with Crippen LogP contribution in [-0.4, -0.2) is 15.3 Å².